The van der Waals surface area contributed by atoms with E-state index in [1.807, 2.05) is 28.0 Å². The number of methoxy groups -OCH3 is 2. The Balaban J connectivity index is 0.926. The van der Waals surface area contributed by atoms with E-state index in [1.165, 1.54) is 0 Å². The van der Waals surface area contributed by atoms with Crippen molar-refractivity contribution in [2.24, 2.45) is 9.98 Å². The number of fused-ring (bicyclic) bond motifs is 6. The summed E-state index contributed by atoms with van der Waals surface area (Å²) in [7, 11) is 3.11. The fraction of sp³-hybridized carbons (Fsp3) is 0.268. The maximum Gasteiger partial charge on any atom is 0.257 e. The molecule has 0 unspecified atom stereocenters. The second kappa shape index (κ2) is 13.9. The summed E-state index contributed by atoms with van der Waals surface area (Å²) in [6.07, 6.45) is 8.08. The van der Waals surface area contributed by atoms with Crippen molar-refractivity contribution in [2.75, 3.05) is 14.2 Å². The topological polar surface area (TPSA) is 129 Å². The van der Waals surface area contributed by atoms with Crippen molar-refractivity contribution in [2.45, 2.75) is 56.6 Å². The maximum atomic E-state index is 13.7. The minimum absolute atomic E-state index is 0.118. The molecule has 4 aliphatic heterocycles. The van der Waals surface area contributed by atoms with Crippen molar-refractivity contribution in [3.63, 3.8) is 0 Å². The lowest BCUT2D eigenvalue weighted by Gasteiger charge is -2.31. The van der Waals surface area contributed by atoms with Crippen LogP contribution in [0.4, 0.5) is 11.4 Å². The quantitative estimate of drug-likeness (QED) is 0.140. The van der Waals surface area contributed by atoms with Crippen LogP contribution in [-0.2, 0) is 44.5 Å². The minimum Gasteiger partial charge on any atom is -0.493 e. The molecule has 12 nitrogen and oxygen atoms in total. The number of halogens is 1. The number of amides is 2. The number of benzene rings is 3. The second-order valence-electron chi connectivity index (χ2n) is 13.6. The summed E-state index contributed by atoms with van der Waals surface area (Å²) in [4.78, 5) is 40.5. The lowest BCUT2D eigenvalue weighted by atomic mass is 10.0. The van der Waals surface area contributed by atoms with E-state index in [-0.39, 0.29) is 37.1 Å². The molecule has 0 spiro atoms. The normalized spacial score (nSPS) is 18.1. The molecule has 9 rings (SSSR count). The lowest BCUT2D eigenvalue weighted by molar-refractivity contribution is 0.0689. The molecule has 3 aromatic carbocycles. The van der Waals surface area contributed by atoms with E-state index in [9.17, 15) is 9.59 Å². The predicted octanol–water partition coefficient (Wildman–Crippen LogP) is 7.51. The van der Waals surface area contributed by atoms with E-state index in [1.54, 1.807) is 63.4 Å². The van der Waals surface area contributed by atoms with Crippen LogP contribution in [0.2, 0.25) is 0 Å². The van der Waals surface area contributed by atoms with Gasteiger partial charge in [0.25, 0.3) is 11.8 Å². The summed E-state index contributed by atoms with van der Waals surface area (Å²) in [6, 6.07) is 16.5. The molecule has 54 heavy (non-hydrogen) atoms. The van der Waals surface area contributed by atoms with Gasteiger partial charge in [-0.25, -0.2) is 0 Å². The number of carbonyl (C=O) groups excluding carboxylic acids is 2. The van der Waals surface area contributed by atoms with Crippen molar-refractivity contribution in [1.29, 1.82) is 0 Å². The van der Waals surface area contributed by atoms with Crippen LogP contribution in [0, 0.1) is 0 Å². The third kappa shape index (κ3) is 6.11. The van der Waals surface area contributed by atoms with Crippen LogP contribution in [0.3, 0.4) is 0 Å². The number of ether oxygens (including phenoxy) is 4. The van der Waals surface area contributed by atoms with Gasteiger partial charge in [-0.2, -0.15) is 0 Å². The first-order valence-corrected chi connectivity index (χ1v) is 18.7. The molecule has 13 heteroatoms. The van der Waals surface area contributed by atoms with Gasteiger partial charge in [-0.05, 0) is 47.0 Å². The van der Waals surface area contributed by atoms with Crippen LogP contribution in [0.1, 0.15) is 60.1 Å². The molecule has 6 heterocycles. The first-order valence-electron chi connectivity index (χ1n) is 17.6. The average Bonchev–Trinajstić information content (AvgIpc) is 3.82. The SMILES string of the molecule is COc1cc2c(cc1OCc1cc(CBr)cc(COc3cc4c(cc3OC)C(=O)N3Cc5ccoc5C[C@H]3C=N4)c1)N=C[C@@H]1Cc3occc3CN1C2=O. The molecule has 5 aromatic rings. The van der Waals surface area contributed by atoms with Gasteiger partial charge in [0.15, 0.2) is 23.0 Å². The monoisotopic (exact) mass is 790 g/mol. The molecule has 0 radical (unpaired) electrons. The Morgan fingerprint density at radius 2 is 1.13 bits per heavy atom. The van der Waals surface area contributed by atoms with Crippen LogP contribution in [0.5, 0.6) is 23.0 Å². The summed E-state index contributed by atoms with van der Waals surface area (Å²) in [5.74, 6) is 3.35. The van der Waals surface area contributed by atoms with Gasteiger partial charge in [0.2, 0.25) is 0 Å². The number of furan rings is 2. The van der Waals surface area contributed by atoms with Crippen LogP contribution in [-0.4, -0.2) is 60.3 Å². The van der Waals surface area contributed by atoms with Crippen molar-refractivity contribution in [1.82, 2.24) is 9.80 Å². The van der Waals surface area contributed by atoms with E-state index in [2.05, 4.69) is 28.1 Å². The minimum atomic E-state index is -0.207. The Kier molecular flexibility index (Phi) is 8.73. The largest absolute Gasteiger partial charge is 0.493 e. The number of hydrogen-bond acceptors (Lipinski definition) is 10. The summed E-state index contributed by atoms with van der Waals surface area (Å²) < 4.78 is 35.3. The predicted molar refractivity (Wildman–Crippen MR) is 202 cm³/mol. The molecule has 0 saturated carbocycles. The third-order valence-corrected chi connectivity index (χ3v) is 11.0. The molecule has 0 saturated heterocycles. The zero-order chi connectivity index (χ0) is 36.9. The zero-order valence-electron chi connectivity index (χ0n) is 29.5. The fourth-order valence-corrected chi connectivity index (χ4v) is 7.86. The number of nitrogens with zero attached hydrogens (tertiary/aromatic N) is 4. The highest BCUT2D eigenvalue weighted by molar-refractivity contribution is 9.08. The van der Waals surface area contributed by atoms with Crippen molar-refractivity contribution >= 4 is 51.5 Å². The average molecular weight is 792 g/mol. The lowest BCUT2D eigenvalue weighted by Crippen LogP contribution is -2.44. The summed E-state index contributed by atoms with van der Waals surface area (Å²) in [6.45, 7) is 1.37. The molecule has 4 aliphatic rings. The standard InChI is InChI=1S/C41H35BrN4O8/c1-49-36-12-30-32(43-17-28-10-34-26(3-5-51-34)19-45(28)40(30)47)14-38(36)53-21-24-7-23(16-42)8-25(9-24)22-54-39-15-33-31(13-37(39)50-2)41(48)46-20-27-4-6-52-35(27)11-29(46)18-44-33/h3-9,12-15,17-18,28-29H,10-11,16,19-22H2,1-2H3/t28-,29-/m0/s1. The van der Waals surface area contributed by atoms with Crippen LogP contribution in [0.15, 0.2) is 85.9 Å². The second-order valence-corrected chi connectivity index (χ2v) is 14.2. The van der Waals surface area contributed by atoms with Gasteiger partial charge < -0.3 is 37.6 Å². The first kappa shape index (κ1) is 34.0. The maximum absolute atomic E-state index is 13.7. The zero-order valence-corrected chi connectivity index (χ0v) is 31.1. The van der Waals surface area contributed by atoms with Crippen molar-refractivity contribution in [3.8, 4) is 23.0 Å². The first-order chi connectivity index (χ1) is 26.4. The molecule has 0 aliphatic carbocycles. The number of rotatable bonds is 9. The third-order valence-electron chi connectivity index (χ3n) is 10.3. The summed E-state index contributed by atoms with van der Waals surface area (Å²) in [5, 5.41) is 0.624. The van der Waals surface area contributed by atoms with Crippen molar-refractivity contribution in [3.05, 3.63) is 118 Å². The fourth-order valence-electron chi connectivity index (χ4n) is 7.53. The Morgan fingerprint density at radius 3 is 1.57 bits per heavy atom. The molecule has 2 aromatic heterocycles. The Morgan fingerprint density at radius 1 is 0.667 bits per heavy atom. The highest BCUT2D eigenvalue weighted by Gasteiger charge is 2.36. The van der Waals surface area contributed by atoms with E-state index in [0.717, 1.165) is 39.3 Å². The van der Waals surface area contributed by atoms with Gasteiger partial charge in [0, 0.05) is 53.9 Å². The van der Waals surface area contributed by atoms with Crippen LogP contribution in [0.25, 0.3) is 0 Å². The van der Waals surface area contributed by atoms with E-state index in [0.29, 0.717) is 76.8 Å². The molecule has 0 N–H and O–H groups in total. The smallest absolute Gasteiger partial charge is 0.257 e. The molecular formula is C41H35BrN4O8. The molecule has 2 amide bonds. The van der Waals surface area contributed by atoms with Gasteiger partial charge in [-0.3, -0.25) is 19.6 Å². The van der Waals surface area contributed by atoms with Crippen LogP contribution < -0.4 is 18.9 Å². The van der Waals surface area contributed by atoms with Crippen LogP contribution >= 0.6 is 15.9 Å². The molecule has 0 bridgehead atoms. The number of carbonyl (C=O) groups is 2. The molecule has 274 valence electrons. The molecule has 2 atom stereocenters. The summed E-state index contributed by atoms with van der Waals surface area (Å²) in [5.41, 5.74) is 6.82. The van der Waals surface area contributed by atoms with Gasteiger partial charge in [0.05, 0.1) is 74.4 Å². The highest BCUT2D eigenvalue weighted by atomic mass is 79.9. The molecular weight excluding hydrogens is 756 g/mol. The number of aliphatic imine (C=N–C) groups is 2. The Labute approximate surface area is 319 Å². The van der Waals surface area contributed by atoms with Gasteiger partial charge in [0.1, 0.15) is 24.7 Å². The van der Waals surface area contributed by atoms with Crippen molar-refractivity contribution < 1.29 is 37.4 Å². The number of alkyl halides is 1. The van der Waals surface area contributed by atoms with Gasteiger partial charge in [-0.15, -0.1) is 0 Å². The van der Waals surface area contributed by atoms with Gasteiger partial charge >= 0.3 is 0 Å². The van der Waals surface area contributed by atoms with E-state index < -0.39 is 0 Å². The van der Waals surface area contributed by atoms with Gasteiger partial charge in [-0.1, -0.05) is 28.1 Å². The Bertz CT molecular complexity index is 2200. The Hall–Kier alpha value is -5.82. The summed E-state index contributed by atoms with van der Waals surface area (Å²) >= 11 is 3.60. The van der Waals surface area contributed by atoms with E-state index in [4.69, 9.17) is 37.8 Å². The highest BCUT2D eigenvalue weighted by Crippen LogP contribution is 2.41. The van der Waals surface area contributed by atoms with E-state index >= 15 is 0 Å². The number of hydrogen-bond donors (Lipinski definition) is 0. The molecule has 0 fully saturated rings.